The minimum atomic E-state index is 0. The number of hydrogen-bond donors (Lipinski definition) is 0. The molecule has 1 aromatic heterocycles. The molecule has 0 bridgehead atoms. The van der Waals surface area contributed by atoms with Gasteiger partial charge in [0.15, 0.2) is 0 Å². The molecular weight excluding hydrogens is 328 g/mol. The van der Waals surface area contributed by atoms with Gasteiger partial charge in [0, 0.05) is 25.0 Å². The van der Waals surface area contributed by atoms with Crippen molar-refractivity contribution in [2.75, 3.05) is 18.0 Å². The molecule has 0 unspecified atom stereocenters. The van der Waals surface area contributed by atoms with Crippen LogP contribution >= 0.6 is 12.4 Å². The lowest BCUT2D eigenvalue weighted by Gasteiger charge is -2.20. The summed E-state index contributed by atoms with van der Waals surface area (Å²) in [5, 5.41) is 2.55. The molecule has 0 spiro atoms. The van der Waals surface area contributed by atoms with E-state index in [1.807, 2.05) is 6.20 Å². The predicted octanol–water partition coefficient (Wildman–Crippen LogP) is 5.74. The van der Waals surface area contributed by atoms with Gasteiger partial charge < -0.3 is 4.90 Å². The van der Waals surface area contributed by atoms with Crippen LogP contribution in [0.3, 0.4) is 0 Å². The second kappa shape index (κ2) is 7.71. The van der Waals surface area contributed by atoms with Crippen molar-refractivity contribution in [2.45, 2.75) is 19.8 Å². The third-order valence-electron chi connectivity index (χ3n) is 4.80. The fraction of sp³-hybridized carbons (Fsp3) is 0.227. The van der Waals surface area contributed by atoms with Gasteiger partial charge in [0.2, 0.25) is 0 Å². The normalized spacial score (nSPS) is 14.2. The number of nitrogens with zero attached hydrogens (tertiary/aromatic N) is 2. The van der Waals surface area contributed by atoms with E-state index in [0.717, 1.165) is 18.8 Å². The maximum Gasteiger partial charge on any atom is 0.0650 e. The zero-order chi connectivity index (χ0) is 16.4. The highest BCUT2D eigenvalue weighted by Gasteiger charge is 2.14. The summed E-state index contributed by atoms with van der Waals surface area (Å²) in [5.74, 6) is 0. The molecule has 0 saturated carbocycles. The number of fused-ring (bicyclic) bond motifs is 1. The van der Waals surface area contributed by atoms with E-state index in [0.29, 0.717) is 0 Å². The Morgan fingerprint density at radius 3 is 2.56 bits per heavy atom. The molecule has 3 heteroatoms. The van der Waals surface area contributed by atoms with Crippen LogP contribution < -0.4 is 4.90 Å². The second-order valence-electron chi connectivity index (χ2n) is 6.49. The maximum absolute atomic E-state index is 4.59. The van der Waals surface area contributed by atoms with E-state index < -0.39 is 0 Å². The summed E-state index contributed by atoms with van der Waals surface area (Å²) in [6.07, 6.45) is 8.89. The van der Waals surface area contributed by atoms with Crippen LogP contribution in [0.1, 0.15) is 29.7 Å². The molecule has 2 aromatic carbocycles. The summed E-state index contributed by atoms with van der Waals surface area (Å²) in [5.41, 5.74) is 4.85. The Morgan fingerprint density at radius 1 is 0.960 bits per heavy atom. The van der Waals surface area contributed by atoms with Gasteiger partial charge in [0.05, 0.1) is 5.69 Å². The highest BCUT2D eigenvalue weighted by molar-refractivity contribution is 5.92. The topological polar surface area (TPSA) is 16.1 Å². The van der Waals surface area contributed by atoms with Crippen LogP contribution in [0.4, 0.5) is 5.69 Å². The van der Waals surface area contributed by atoms with Gasteiger partial charge in [-0.15, -0.1) is 12.4 Å². The maximum atomic E-state index is 4.59. The van der Waals surface area contributed by atoms with Crippen LogP contribution in [-0.4, -0.2) is 18.1 Å². The summed E-state index contributed by atoms with van der Waals surface area (Å²) in [4.78, 5) is 7.07. The molecule has 1 saturated heterocycles. The number of benzene rings is 2. The smallest absolute Gasteiger partial charge is 0.0650 e. The third-order valence-corrected chi connectivity index (χ3v) is 4.80. The van der Waals surface area contributed by atoms with Crippen LogP contribution in [-0.2, 0) is 0 Å². The average molecular weight is 351 g/mol. The van der Waals surface area contributed by atoms with E-state index in [1.165, 1.54) is 40.4 Å². The minimum absolute atomic E-state index is 0. The Bertz CT molecular complexity index is 890. The number of aryl methyl sites for hydroxylation is 1. The molecule has 1 aliphatic rings. The SMILES string of the molecule is Cc1cnc(/C=C/c2cccc3ccccc23)cc1N1CCCC1.Cl. The van der Waals surface area contributed by atoms with E-state index in [9.17, 15) is 0 Å². The number of aromatic nitrogens is 1. The van der Waals surface area contributed by atoms with Crippen molar-refractivity contribution in [1.82, 2.24) is 4.98 Å². The standard InChI is InChI=1S/C22H22N2.ClH/c1-17-16-23-20(15-22(17)24-13-4-5-14-24)12-11-19-9-6-8-18-7-2-3-10-21(18)19;/h2-3,6-12,15-16H,4-5,13-14H2,1H3;1H/b12-11+;. The van der Waals surface area contributed by atoms with E-state index in [4.69, 9.17) is 0 Å². The van der Waals surface area contributed by atoms with Crippen molar-refractivity contribution in [3.8, 4) is 0 Å². The highest BCUT2D eigenvalue weighted by atomic mass is 35.5. The number of pyridine rings is 1. The van der Waals surface area contributed by atoms with Crippen molar-refractivity contribution in [3.63, 3.8) is 0 Å². The summed E-state index contributed by atoms with van der Waals surface area (Å²) in [6.45, 7) is 4.48. The van der Waals surface area contributed by atoms with Gasteiger partial charge in [-0.3, -0.25) is 4.98 Å². The third kappa shape index (κ3) is 3.69. The lowest BCUT2D eigenvalue weighted by atomic mass is 10.0. The molecule has 128 valence electrons. The van der Waals surface area contributed by atoms with Gasteiger partial charge in [-0.1, -0.05) is 48.5 Å². The lowest BCUT2D eigenvalue weighted by Crippen LogP contribution is -2.18. The van der Waals surface area contributed by atoms with Gasteiger partial charge in [0.25, 0.3) is 0 Å². The molecule has 2 nitrogen and oxygen atoms in total. The van der Waals surface area contributed by atoms with Crippen molar-refractivity contribution in [2.24, 2.45) is 0 Å². The van der Waals surface area contributed by atoms with Crippen LogP contribution in [0.25, 0.3) is 22.9 Å². The molecule has 25 heavy (non-hydrogen) atoms. The fourth-order valence-electron chi connectivity index (χ4n) is 3.49. The Balaban J connectivity index is 0.00000182. The van der Waals surface area contributed by atoms with Crippen LogP contribution in [0.2, 0.25) is 0 Å². The van der Waals surface area contributed by atoms with Crippen molar-refractivity contribution in [1.29, 1.82) is 0 Å². The quantitative estimate of drug-likeness (QED) is 0.599. The van der Waals surface area contributed by atoms with Gasteiger partial charge in [-0.05, 0) is 53.8 Å². The van der Waals surface area contributed by atoms with E-state index >= 15 is 0 Å². The molecule has 1 fully saturated rings. The van der Waals surface area contributed by atoms with Gasteiger partial charge in [-0.25, -0.2) is 0 Å². The van der Waals surface area contributed by atoms with E-state index in [1.54, 1.807) is 0 Å². The second-order valence-corrected chi connectivity index (χ2v) is 6.49. The first-order chi connectivity index (χ1) is 11.8. The minimum Gasteiger partial charge on any atom is -0.371 e. The van der Waals surface area contributed by atoms with Crippen LogP contribution in [0.15, 0.2) is 54.7 Å². The number of anilines is 1. The zero-order valence-electron chi connectivity index (χ0n) is 14.5. The van der Waals surface area contributed by atoms with Gasteiger partial charge >= 0.3 is 0 Å². The highest BCUT2D eigenvalue weighted by Crippen LogP contribution is 2.25. The molecule has 0 N–H and O–H groups in total. The van der Waals surface area contributed by atoms with Crippen molar-refractivity contribution < 1.29 is 0 Å². The molecular formula is C22H23ClN2. The van der Waals surface area contributed by atoms with Crippen molar-refractivity contribution >= 4 is 41.0 Å². The van der Waals surface area contributed by atoms with E-state index in [2.05, 4.69) is 77.5 Å². The average Bonchev–Trinajstić information content (AvgIpc) is 3.15. The first-order valence-corrected chi connectivity index (χ1v) is 8.69. The number of halogens is 1. The predicted molar refractivity (Wildman–Crippen MR) is 111 cm³/mol. The lowest BCUT2D eigenvalue weighted by molar-refractivity contribution is 0.949. The molecule has 0 amide bonds. The van der Waals surface area contributed by atoms with Gasteiger partial charge in [-0.2, -0.15) is 0 Å². The first kappa shape index (κ1) is 17.5. The van der Waals surface area contributed by atoms with E-state index in [-0.39, 0.29) is 12.4 Å². The Morgan fingerprint density at radius 2 is 1.72 bits per heavy atom. The van der Waals surface area contributed by atoms with Crippen molar-refractivity contribution in [3.05, 3.63) is 71.5 Å². The van der Waals surface area contributed by atoms with Gasteiger partial charge in [0.1, 0.15) is 0 Å². The Hall–Kier alpha value is -2.32. The van der Waals surface area contributed by atoms with Crippen LogP contribution in [0.5, 0.6) is 0 Å². The molecule has 4 rings (SSSR count). The summed E-state index contributed by atoms with van der Waals surface area (Å²) < 4.78 is 0. The Labute approximate surface area is 155 Å². The summed E-state index contributed by atoms with van der Waals surface area (Å²) >= 11 is 0. The fourth-order valence-corrected chi connectivity index (χ4v) is 3.49. The summed E-state index contributed by atoms with van der Waals surface area (Å²) in [6, 6.07) is 17.2. The summed E-state index contributed by atoms with van der Waals surface area (Å²) in [7, 11) is 0. The molecule has 0 aliphatic carbocycles. The molecule has 2 heterocycles. The molecule has 1 aliphatic heterocycles. The zero-order valence-corrected chi connectivity index (χ0v) is 15.3. The monoisotopic (exact) mass is 350 g/mol. The first-order valence-electron chi connectivity index (χ1n) is 8.69. The molecule has 3 aromatic rings. The van der Waals surface area contributed by atoms with Crippen LogP contribution in [0, 0.1) is 6.92 Å². The largest absolute Gasteiger partial charge is 0.371 e. The Kier molecular flexibility index (Phi) is 5.40. The molecule has 0 atom stereocenters. The number of hydrogen-bond acceptors (Lipinski definition) is 2. The number of rotatable bonds is 3. The molecule has 0 radical (unpaired) electrons.